The lowest BCUT2D eigenvalue weighted by atomic mass is 9.82. The number of hydrogen-bond donors (Lipinski definition) is 0. The lowest BCUT2D eigenvalue weighted by Crippen LogP contribution is -2.50. The summed E-state index contributed by atoms with van der Waals surface area (Å²) in [6.45, 7) is 4.86. The van der Waals surface area contributed by atoms with Crippen molar-refractivity contribution < 1.29 is 18.6 Å². The van der Waals surface area contributed by atoms with Crippen LogP contribution in [-0.2, 0) is 15.9 Å². The Morgan fingerprint density at radius 1 is 1.19 bits per heavy atom. The van der Waals surface area contributed by atoms with Crippen LogP contribution >= 0.6 is 15.9 Å². The molecule has 2 unspecified atom stereocenters. The lowest BCUT2D eigenvalue weighted by Gasteiger charge is -2.45. The van der Waals surface area contributed by atoms with Crippen molar-refractivity contribution in [1.82, 2.24) is 14.7 Å². The summed E-state index contributed by atoms with van der Waals surface area (Å²) in [7, 11) is 3.23. The molecule has 194 valence electrons. The van der Waals surface area contributed by atoms with Crippen LogP contribution in [0.1, 0.15) is 62.1 Å². The van der Waals surface area contributed by atoms with E-state index in [0.29, 0.717) is 0 Å². The van der Waals surface area contributed by atoms with Gasteiger partial charge in [-0.25, -0.2) is 9.07 Å². The van der Waals surface area contributed by atoms with Crippen molar-refractivity contribution in [2.24, 2.45) is 0 Å². The summed E-state index contributed by atoms with van der Waals surface area (Å²) in [5.41, 5.74) is 3.05. The second kappa shape index (κ2) is 10.4. The molecule has 1 saturated heterocycles. The molecule has 8 heteroatoms. The lowest BCUT2D eigenvalue weighted by molar-refractivity contribution is -0.0366. The predicted molar refractivity (Wildman–Crippen MR) is 142 cm³/mol. The zero-order valence-corrected chi connectivity index (χ0v) is 23.1. The molecular weight excluding hydrogens is 525 g/mol. The number of alkyl halides is 1. The Kier molecular flexibility index (Phi) is 7.41. The molecule has 2 aliphatic heterocycles. The van der Waals surface area contributed by atoms with Crippen LogP contribution in [0.25, 0.3) is 10.9 Å². The zero-order valence-electron chi connectivity index (χ0n) is 21.5. The molecule has 1 aromatic heterocycles. The molecule has 3 heterocycles. The fourth-order valence-corrected chi connectivity index (χ4v) is 6.24. The monoisotopic (exact) mass is 559 g/mol. The Morgan fingerprint density at radius 2 is 2.00 bits per heavy atom. The van der Waals surface area contributed by atoms with Gasteiger partial charge in [0, 0.05) is 41.7 Å². The van der Waals surface area contributed by atoms with Crippen molar-refractivity contribution in [3.05, 3.63) is 57.7 Å². The third-order valence-corrected chi connectivity index (χ3v) is 7.99. The molecule has 0 N–H and O–H groups in total. The number of aromatic nitrogens is 2. The minimum Gasteiger partial charge on any atom is -0.496 e. The van der Waals surface area contributed by atoms with E-state index < -0.39 is 5.67 Å². The van der Waals surface area contributed by atoms with Gasteiger partial charge >= 0.3 is 0 Å². The summed E-state index contributed by atoms with van der Waals surface area (Å²) in [6.07, 6.45) is 6.00. The number of benzene rings is 2. The highest BCUT2D eigenvalue weighted by atomic mass is 79.9. The summed E-state index contributed by atoms with van der Waals surface area (Å²) in [5.74, 6) is 0.776. The van der Waals surface area contributed by atoms with E-state index in [1.54, 1.807) is 21.1 Å². The Bertz CT molecular complexity index is 1220. The maximum Gasteiger partial charge on any atom is 0.150 e. The molecule has 1 fully saturated rings. The summed E-state index contributed by atoms with van der Waals surface area (Å²) in [6, 6.07) is 10.4. The maximum absolute atomic E-state index is 15.6. The molecule has 36 heavy (non-hydrogen) atoms. The van der Waals surface area contributed by atoms with Crippen molar-refractivity contribution in [1.29, 1.82) is 0 Å². The van der Waals surface area contributed by atoms with Crippen molar-refractivity contribution in [3.63, 3.8) is 0 Å². The topological polar surface area (TPSA) is 48.8 Å². The van der Waals surface area contributed by atoms with Gasteiger partial charge in [0.1, 0.15) is 11.4 Å². The molecule has 6 nitrogen and oxygen atoms in total. The van der Waals surface area contributed by atoms with E-state index in [1.165, 1.54) is 11.1 Å². The minimum absolute atomic E-state index is 0.0181. The fraction of sp³-hybridized carbons (Fsp3) is 0.536. The summed E-state index contributed by atoms with van der Waals surface area (Å²) in [4.78, 5) is 2.26. The van der Waals surface area contributed by atoms with Gasteiger partial charge in [-0.3, -0.25) is 4.90 Å². The van der Waals surface area contributed by atoms with Crippen LogP contribution in [0.3, 0.4) is 0 Å². The summed E-state index contributed by atoms with van der Waals surface area (Å²) < 4.78 is 35.6. The number of fused-ring (bicyclic) bond motifs is 3. The quantitative estimate of drug-likeness (QED) is 0.344. The van der Waals surface area contributed by atoms with Gasteiger partial charge in [0.25, 0.3) is 0 Å². The first-order valence-electron chi connectivity index (χ1n) is 12.7. The van der Waals surface area contributed by atoms with Gasteiger partial charge in [0.05, 0.1) is 31.5 Å². The van der Waals surface area contributed by atoms with Crippen LogP contribution in [0.5, 0.6) is 5.75 Å². The van der Waals surface area contributed by atoms with Crippen LogP contribution < -0.4 is 4.74 Å². The average Bonchev–Trinajstić information content (AvgIpc) is 3.30. The van der Waals surface area contributed by atoms with E-state index in [2.05, 4.69) is 46.0 Å². The third kappa shape index (κ3) is 4.80. The van der Waals surface area contributed by atoms with Gasteiger partial charge < -0.3 is 14.2 Å². The van der Waals surface area contributed by atoms with Gasteiger partial charge in [-0.15, -0.1) is 0 Å². The van der Waals surface area contributed by atoms with E-state index >= 15 is 4.39 Å². The van der Waals surface area contributed by atoms with Gasteiger partial charge in [0.2, 0.25) is 0 Å². The fourth-order valence-electron chi connectivity index (χ4n) is 5.90. The Labute approximate surface area is 220 Å². The molecule has 2 aromatic carbocycles. The van der Waals surface area contributed by atoms with Gasteiger partial charge in [-0.1, -0.05) is 28.1 Å². The second-order valence-corrected chi connectivity index (χ2v) is 11.3. The number of rotatable bonds is 7. The molecule has 0 radical (unpaired) electrons. The van der Waals surface area contributed by atoms with E-state index in [4.69, 9.17) is 19.3 Å². The van der Waals surface area contributed by atoms with Crippen molar-refractivity contribution in [2.45, 2.75) is 63.5 Å². The first-order valence-corrected chi connectivity index (χ1v) is 13.5. The molecule has 4 atom stereocenters. The number of methoxy groups -OCH3 is 2. The first kappa shape index (κ1) is 25.6. The normalized spacial score (nSPS) is 24.4. The highest BCUT2D eigenvalue weighted by molar-refractivity contribution is 9.10. The molecule has 0 aliphatic carbocycles. The minimum atomic E-state index is -1.49. The predicted octanol–water partition coefficient (Wildman–Crippen LogP) is 6.22. The highest BCUT2D eigenvalue weighted by Crippen LogP contribution is 2.45. The van der Waals surface area contributed by atoms with Crippen LogP contribution in [0.15, 0.2) is 41.0 Å². The Morgan fingerprint density at radius 3 is 2.72 bits per heavy atom. The van der Waals surface area contributed by atoms with Gasteiger partial charge in [-0.2, -0.15) is 5.10 Å². The third-order valence-electron chi connectivity index (χ3n) is 7.50. The molecule has 2 aliphatic rings. The summed E-state index contributed by atoms with van der Waals surface area (Å²) >= 11 is 3.57. The molecular formula is C28H35BrFN3O3. The molecule has 3 aromatic rings. The van der Waals surface area contributed by atoms with Gasteiger partial charge in [-0.05, 0) is 68.9 Å². The van der Waals surface area contributed by atoms with E-state index in [0.717, 1.165) is 59.0 Å². The number of hydrogen-bond acceptors (Lipinski definition) is 5. The van der Waals surface area contributed by atoms with Crippen LogP contribution in [-0.4, -0.2) is 60.4 Å². The standard InChI is InChI=1S/C28H35BrFN3O3/c1-18-13-22-20(10-11-24-23(22)15-31-33(24)26-7-5-6-12-36-26)27(32(18)16-28(2,30)17-34-3)21-9-8-19(29)14-25(21)35-4/h8-11,14-15,18,26-27H,5-7,12-13,16-17H2,1-4H3/t18-,26?,27+,28?/m1/s1. The Hall–Kier alpha value is -2.00. The van der Waals surface area contributed by atoms with Crippen molar-refractivity contribution >= 4 is 26.8 Å². The van der Waals surface area contributed by atoms with Crippen LogP contribution in [0, 0.1) is 0 Å². The van der Waals surface area contributed by atoms with Crippen LogP contribution in [0.2, 0.25) is 0 Å². The Balaban J connectivity index is 1.65. The highest BCUT2D eigenvalue weighted by Gasteiger charge is 2.40. The number of halogens is 2. The first-order chi connectivity index (χ1) is 17.3. The van der Waals surface area contributed by atoms with Crippen molar-refractivity contribution in [2.75, 3.05) is 34.0 Å². The van der Waals surface area contributed by atoms with E-state index in [-0.39, 0.29) is 31.5 Å². The molecule has 0 saturated carbocycles. The second-order valence-electron chi connectivity index (χ2n) is 10.3. The van der Waals surface area contributed by atoms with Gasteiger partial charge in [0.15, 0.2) is 6.23 Å². The smallest absolute Gasteiger partial charge is 0.150 e. The van der Waals surface area contributed by atoms with E-state index in [9.17, 15) is 0 Å². The van der Waals surface area contributed by atoms with Crippen LogP contribution in [0.4, 0.5) is 4.39 Å². The molecule has 0 amide bonds. The molecule has 0 spiro atoms. The van der Waals surface area contributed by atoms with E-state index in [1.807, 2.05) is 23.0 Å². The largest absolute Gasteiger partial charge is 0.496 e. The molecule has 5 rings (SSSR count). The zero-order chi connectivity index (χ0) is 25.4. The van der Waals surface area contributed by atoms with Crippen molar-refractivity contribution in [3.8, 4) is 5.75 Å². The number of ether oxygens (including phenoxy) is 3. The summed E-state index contributed by atoms with van der Waals surface area (Å²) in [5, 5.41) is 5.92. The SMILES string of the molecule is COCC(C)(F)CN1[C@H](c2ccc(Br)cc2OC)c2ccc3c(cnn3C3CCCCO3)c2C[C@H]1C. The molecule has 0 bridgehead atoms. The number of nitrogens with zero attached hydrogens (tertiary/aromatic N) is 3. The maximum atomic E-state index is 15.6. The average molecular weight is 561 g/mol.